The highest BCUT2D eigenvalue weighted by atomic mass is 19.4. The van der Waals surface area contributed by atoms with E-state index in [4.69, 9.17) is 0 Å². The van der Waals surface area contributed by atoms with Crippen LogP contribution in [0.5, 0.6) is 0 Å². The molecule has 31 heavy (non-hydrogen) atoms. The largest absolute Gasteiger partial charge is 0.397 e. The van der Waals surface area contributed by atoms with Gasteiger partial charge in [0.05, 0.1) is 23.3 Å². The first-order valence-corrected chi connectivity index (χ1v) is 10.1. The van der Waals surface area contributed by atoms with E-state index in [0.717, 1.165) is 13.8 Å². The quantitative estimate of drug-likeness (QED) is 0.582. The van der Waals surface area contributed by atoms with Crippen molar-refractivity contribution in [1.29, 1.82) is 0 Å². The summed E-state index contributed by atoms with van der Waals surface area (Å²) >= 11 is 0. The van der Waals surface area contributed by atoms with Crippen LogP contribution in [0, 0.1) is 5.92 Å². The number of anilines is 1. The van der Waals surface area contributed by atoms with Gasteiger partial charge in [-0.05, 0) is 43.9 Å². The van der Waals surface area contributed by atoms with Crippen molar-refractivity contribution < 1.29 is 23.4 Å². The molecular formula is C22H25F3N4O2. The lowest BCUT2D eigenvalue weighted by Crippen LogP contribution is -2.36. The van der Waals surface area contributed by atoms with Crippen LogP contribution in [0.25, 0.3) is 16.9 Å². The molecule has 9 heteroatoms. The molecule has 0 unspecified atom stereocenters. The molecule has 1 aromatic carbocycles. The Balaban J connectivity index is 1.69. The van der Waals surface area contributed by atoms with Gasteiger partial charge in [0.2, 0.25) is 0 Å². The highest BCUT2D eigenvalue weighted by molar-refractivity contribution is 5.66. The molecule has 166 valence electrons. The molecule has 4 atom stereocenters. The average Bonchev–Trinajstić information content (AvgIpc) is 3.25. The Hall–Kier alpha value is -2.65. The molecule has 0 spiro atoms. The van der Waals surface area contributed by atoms with Gasteiger partial charge in [-0.15, -0.1) is 0 Å². The Morgan fingerprint density at radius 2 is 1.84 bits per heavy atom. The van der Waals surface area contributed by atoms with Crippen molar-refractivity contribution >= 4 is 11.5 Å². The molecule has 4 rings (SSSR count). The van der Waals surface area contributed by atoms with Crippen molar-refractivity contribution in [1.82, 2.24) is 14.6 Å². The Morgan fingerprint density at radius 1 is 1.10 bits per heavy atom. The third kappa shape index (κ3) is 3.76. The molecule has 3 N–H and O–H groups in total. The Labute approximate surface area is 177 Å². The van der Waals surface area contributed by atoms with E-state index in [9.17, 15) is 23.4 Å². The minimum absolute atomic E-state index is 0.0438. The maximum Gasteiger partial charge on any atom is 0.397 e. The van der Waals surface area contributed by atoms with Gasteiger partial charge in [-0.1, -0.05) is 25.1 Å². The van der Waals surface area contributed by atoms with E-state index >= 15 is 0 Å². The molecule has 3 aromatic rings. The number of rotatable bonds is 4. The van der Waals surface area contributed by atoms with Crippen LogP contribution >= 0.6 is 0 Å². The smallest absolute Gasteiger partial charge is 0.390 e. The van der Waals surface area contributed by atoms with Gasteiger partial charge in [-0.2, -0.15) is 22.8 Å². The predicted molar refractivity (Wildman–Crippen MR) is 111 cm³/mol. The second-order valence-electron chi connectivity index (χ2n) is 8.78. The summed E-state index contributed by atoms with van der Waals surface area (Å²) in [5.41, 5.74) is -0.291. The summed E-state index contributed by atoms with van der Waals surface area (Å²) in [4.78, 5) is 4.29. The van der Waals surface area contributed by atoms with E-state index in [1.54, 1.807) is 35.0 Å². The summed E-state index contributed by atoms with van der Waals surface area (Å²) in [6.07, 6.45) is -3.91. The molecule has 1 fully saturated rings. The topological polar surface area (TPSA) is 82.7 Å². The number of aromatic nitrogens is 3. The second kappa shape index (κ2) is 7.49. The number of nitrogens with zero attached hydrogens (tertiary/aromatic N) is 3. The maximum absolute atomic E-state index is 13.5. The van der Waals surface area contributed by atoms with Crippen LogP contribution in [0.3, 0.4) is 0 Å². The number of benzene rings is 1. The SMILES string of the molecule is C[C@@H]1C[C@@H](Nc2ccnc3cc(-c4cccc(C(C)(C)C(F)(F)F)c4)nn23)[C@H](O)[C@@H]1O. The van der Waals surface area contributed by atoms with Crippen LogP contribution in [0.1, 0.15) is 32.8 Å². The number of aliphatic hydroxyl groups is 2. The standard InChI is InChI=1S/C22H25F3N4O2/c1-12-9-16(20(31)19(12)30)27-17-7-8-26-18-11-15(28-29(17)18)13-5-4-6-14(10-13)21(2,3)22(23,24)25/h4-8,10-12,16,19-20,27,30-31H,9H2,1-3H3/t12-,16-,19-,20+/m1/s1. The van der Waals surface area contributed by atoms with Gasteiger partial charge in [0.1, 0.15) is 11.9 Å². The summed E-state index contributed by atoms with van der Waals surface area (Å²) in [6.45, 7) is 4.18. The van der Waals surface area contributed by atoms with Crippen LogP contribution in [-0.2, 0) is 5.41 Å². The number of nitrogens with one attached hydrogen (secondary N) is 1. The zero-order valence-electron chi connectivity index (χ0n) is 17.4. The number of hydrogen-bond acceptors (Lipinski definition) is 5. The van der Waals surface area contributed by atoms with Crippen LogP contribution in [0.4, 0.5) is 19.0 Å². The maximum atomic E-state index is 13.5. The number of alkyl halides is 3. The molecule has 2 aromatic heterocycles. The third-order valence-electron chi connectivity index (χ3n) is 6.25. The molecule has 1 aliphatic rings. The first-order valence-electron chi connectivity index (χ1n) is 10.1. The van der Waals surface area contributed by atoms with Crippen LogP contribution in [-0.4, -0.2) is 49.2 Å². The molecule has 6 nitrogen and oxygen atoms in total. The summed E-state index contributed by atoms with van der Waals surface area (Å²) in [5, 5.41) is 28.0. The van der Waals surface area contributed by atoms with E-state index in [2.05, 4.69) is 15.4 Å². The molecule has 0 radical (unpaired) electrons. The van der Waals surface area contributed by atoms with Gasteiger partial charge in [-0.3, -0.25) is 0 Å². The van der Waals surface area contributed by atoms with Crippen molar-refractivity contribution in [2.45, 2.75) is 57.0 Å². The normalized spacial score (nSPS) is 24.6. The second-order valence-corrected chi connectivity index (χ2v) is 8.78. The first kappa shape index (κ1) is 21.6. The van der Waals surface area contributed by atoms with Gasteiger partial charge in [0, 0.05) is 17.8 Å². The zero-order valence-corrected chi connectivity index (χ0v) is 17.4. The van der Waals surface area contributed by atoms with Crippen LogP contribution < -0.4 is 5.32 Å². The minimum Gasteiger partial charge on any atom is -0.390 e. The fourth-order valence-corrected chi connectivity index (χ4v) is 3.96. The highest BCUT2D eigenvalue weighted by Gasteiger charge is 2.48. The number of fused-ring (bicyclic) bond motifs is 1. The van der Waals surface area contributed by atoms with E-state index in [1.807, 2.05) is 6.92 Å². The van der Waals surface area contributed by atoms with Crippen LogP contribution in [0.15, 0.2) is 42.6 Å². The summed E-state index contributed by atoms with van der Waals surface area (Å²) < 4.78 is 42.0. The Bertz CT molecular complexity index is 1100. The van der Waals surface area contributed by atoms with Crippen molar-refractivity contribution in [2.24, 2.45) is 5.92 Å². The third-order valence-corrected chi connectivity index (χ3v) is 6.25. The molecule has 0 amide bonds. The van der Waals surface area contributed by atoms with Gasteiger partial charge in [-0.25, -0.2) is 4.98 Å². The summed E-state index contributed by atoms with van der Waals surface area (Å²) in [7, 11) is 0. The Morgan fingerprint density at radius 3 is 2.48 bits per heavy atom. The van der Waals surface area contributed by atoms with Crippen molar-refractivity contribution in [3.05, 3.63) is 48.2 Å². The summed E-state index contributed by atoms with van der Waals surface area (Å²) in [6, 6.07) is 9.32. The molecule has 2 heterocycles. The average molecular weight is 434 g/mol. The van der Waals surface area contributed by atoms with Gasteiger partial charge < -0.3 is 15.5 Å². The number of halogens is 3. The molecule has 1 aliphatic carbocycles. The summed E-state index contributed by atoms with van der Waals surface area (Å²) in [5.74, 6) is 0.533. The number of hydrogen-bond donors (Lipinski definition) is 3. The predicted octanol–water partition coefficient (Wildman–Crippen LogP) is 3.78. The highest BCUT2D eigenvalue weighted by Crippen LogP contribution is 2.41. The Kier molecular flexibility index (Phi) is 5.21. The van der Waals surface area contributed by atoms with Gasteiger partial charge in [0.25, 0.3) is 0 Å². The molecular weight excluding hydrogens is 409 g/mol. The molecule has 0 aliphatic heterocycles. The van der Waals surface area contributed by atoms with Gasteiger partial charge in [0.15, 0.2) is 5.65 Å². The first-order chi connectivity index (χ1) is 14.5. The lowest BCUT2D eigenvalue weighted by molar-refractivity contribution is -0.180. The molecule has 0 bridgehead atoms. The number of aliphatic hydroxyl groups excluding tert-OH is 2. The van der Waals surface area contributed by atoms with E-state index in [1.165, 1.54) is 12.1 Å². The monoisotopic (exact) mass is 434 g/mol. The van der Waals surface area contributed by atoms with Crippen molar-refractivity contribution in [3.8, 4) is 11.3 Å². The lowest BCUT2D eigenvalue weighted by Gasteiger charge is -2.28. The van der Waals surface area contributed by atoms with Crippen LogP contribution in [0.2, 0.25) is 0 Å². The van der Waals surface area contributed by atoms with E-state index < -0.39 is 23.8 Å². The fourth-order valence-electron chi connectivity index (χ4n) is 3.96. The molecule has 0 saturated heterocycles. The fraction of sp³-hybridized carbons (Fsp3) is 0.455. The lowest BCUT2D eigenvalue weighted by atomic mass is 9.83. The van der Waals surface area contributed by atoms with Crippen molar-refractivity contribution in [3.63, 3.8) is 0 Å². The minimum atomic E-state index is -4.38. The van der Waals surface area contributed by atoms with E-state index in [0.29, 0.717) is 29.1 Å². The van der Waals surface area contributed by atoms with Crippen molar-refractivity contribution in [2.75, 3.05) is 5.32 Å². The zero-order chi connectivity index (χ0) is 22.6. The molecule has 1 saturated carbocycles. The van der Waals surface area contributed by atoms with E-state index in [-0.39, 0.29) is 17.5 Å². The van der Waals surface area contributed by atoms with Gasteiger partial charge >= 0.3 is 6.18 Å².